The Kier molecular flexibility index (Phi) is 3.15. The lowest BCUT2D eigenvalue weighted by molar-refractivity contribution is 0.416. The number of hydrogen-bond acceptors (Lipinski definition) is 3. The Labute approximate surface area is 95.1 Å². The van der Waals surface area contributed by atoms with E-state index >= 15 is 0 Å². The molecule has 0 aliphatic rings. The van der Waals surface area contributed by atoms with Crippen molar-refractivity contribution in [2.24, 2.45) is 0 Å². The lowest BCUT2D eigenvalue weighted by Gasteiger charge is -2.10. The number of nitrogens with zero attached hydrogens (tertiary/aromatic N) is 2. The number of aromatic nitrogens is 2. The highest BCUT2D eigenvalue weighted by Crippen LogP contribution is 2.29. The Morgan fingerprint density at radius 3 is 2.81 bits per heavy atom. The van der Waals surface area contributed by atoms with Crippen molar-refractivity contribution in [2.75, 3.05) is 7.11 Å². The van der Waals surface area contributed by atoms with Gasteiger partial charge in [0.2, 0.25) is 0 Å². The molecule has 1 aromatic carbocycles. The largest absolute Gasteiger partial charge is 0.496 e. The van der Waals surface area contributed by atoms with Gasteiger partial charge in [0.25, 0.3) is 0 Å². The molecule has 2 rings (SSSR count). The van der Waals surface area contributed by atoms with Gasteiger partial charge in [-0.05, 0) is 24.1 Å². The van der Waals surface area contributed by atoms with Crippen LogP contribution in [0.3, 0.4) is 0 Å². The van der Waals surface area contributed by atoms with Gasteiger partial charge in [0, 0.05) is 11.8 Å². The average molecular weight is 214 g/mol. The number of para-hydroxylation sites is 1. The highest BCUT2D eigenvalue weighted by molar-refractivity contribution is 5.69. The van der Waals surface area contributed by atoms with Gasteiger partial charge in [-0.1, -0.05) is 19.1 Å². The minimum Gasteiger partial charge on any atom is -0.496 e. The molecule has 0 spiro atoms. The number of methoxy groups -OCH3 is 1. The number of ether oxygens (including phenoxy) is 1. The summed E-state index contributed by atoms with van der Waals surface area (Å²) in [6, 6.07) is 7.89. The molecule has 82 valence electrons. The van der Waals surface area contributed by atoms with Crippen molar-refractivity contribution in [2.45, 2.75) is 13.3 Å². The molecule has 0 saturated heterocycles. The van der Waals surface area contributed by atoms with E-state index in [1.165, 1.54) is 0 Å². The molecule has 0 bridgehead atoms. The number of hydrogen-bond donors (Lipinski definition) is 0. The first-order valence-corrected chi connectivity index (χ1v) is 5.29. The van der Waals surface area contributed by atoms with Crippen molar-refractivity contribution >= 4 is 0 Å². The van der Waals surface area contributed by atoms with Crippen LogP contribution in [0, 0.1) is 0 Å². The average Bonchev–Trinajstić information content (AvgIpc) is 2.38. The van der Waals surface area contributed by atoms with Crippen molar-refractivity contribution < 1.29 is 4.74 Å². The Balaban J connectivity index is 2.58. The van der Waals surface area contributed by atoms with Gasteiger partial charge in [-0.2, -0.15) is 0 Å². The summed E-state index contributed by atoms with van der Waals surface area (Å²) in [5.74, 6) is 0.843. The predicted octanol–water partition coefficient (Wildman–Crippen LogP) is 2.71. The van der Waals surface area contributed by atoms with E-state index in [2.05, 4.69) is 16.9 Å². The van der Waals surface area contributed by atoms with Crippen LogP contribution in [0.25, 0.3) is 11.3 Å². The maximum absolute atomic E-state index is 5.34. The van der Waals surface area contributed by atoms with Crippen LogP contribution in [-0.2, 0) is 6.42 Å². The number of benzene rings is 1. The van der Waals surface area contributed by atoms with Crippen molar-refractivity contribution in [3.05, 3.63) is 42.4 Å². The summed E-state index contributed by atoms with van der Waals surface area (Å²) in [5, 5.41) is 0. The molecule has 3 nitrogen and oxygen atoms in total. The van der Waals surface area contributed by atoms with Crippen molar-refractivity contribution in [1.29, 1.82) is 0 Å². The van der Waals surface area contributed by atoms with Gasteiger partial charge in [0.05, 0.1) is 12.8 Å². The molecule has 0 atom stereocenters. The number of aryl methyl sites for hydroxylation is 1. The second-order valence-corrected chi connectivity index (χ2v) is 3.45. The highest BCUT2D eigenvalue weighted by atomic mass is 16.5. The quantitative estimate of drug-likeness (QED) is 0.788. The maximum Gasteiger partial charge on any atom is 0.128 e. The summed E-state index contributed by atoms with van der Waals surface area (Å²) in [6.45, 7) is 2.09. The Bertz CT molecular complexity index is 437. The highest BCUT2D eigenvalue weighted by Gasteiger charge is 2.09. The zero-order chi connectivity index (χ0) is 11.4. The molecule has 0 radical (unpaired) electrons. The van der Waals surface area contributed by atoms with Gasteiger partial charge in [0.1, 0.15) is 12.1 Å². The van der Waals surface area contributed by atoms with Crippen LogP contribution in [-0.4, -0.2) is 17.1 Å². The summed E-state index contributed by atoms with van der Waals surface area (Å²) in [5.41, 5.74) is 3.10. The van der Waals surface area contributed by atoms with Crippen LogP contribution in [0.4, 0.5) is 0 Å². The molecular formula is C13H14N2O. The normalized spacial score (nSPS) is 10.1. The SMILES string of the molecule is CCc1cncnc1-c1ccccc1OC. The fourth-order valence-electron chi connectivity index (χ4n) is 1.70. The van der Waals surface area contributed by atoms with Gasteiger partial charge < -0.3 is 4.74 Å². The molecule has 0 N–H and O–H groups in total. The lowest BCUT2D eigenvalue weighted by Crippen LogP contribution is -1.95. The summed E-state index contributed by atoms with van der Waals surface area (Å²) < 4.78 is 5.34. The molecular weight excluding hydrogens is 200 g/mol. The van der Waals surface area contributed by atoms with E-state index in [1.54, 1.807) is 13.4 Å². The Morgan fingerprint density at radius 2 is 2.06 bits per heavy atom. The third-order valence-electron chi connectivity index (χ3n) is 2.53. The monoisotopic (exact) mass is 214 g/mol. The molecule has 16 heavy (non-hydrogen) atoms. The van der Waals surface area contributed by atoms with Gasteiger partial charge in [0.15, 0.2) is 0 Å². The summed E-state index contributed by atoms with van der Waals surface area (Å²) >= 11 is 0. The van der Waals surface area contributed by atoms with E-state index in [4.69, 9.17) is 4.74 Å². The summed E-state index contributed by atoms with van der Waals surface area (Å²) in [7, 11) is 1.67. The Hall–Kier alpha value is -1.90. The van der Waals surface area contributed by atoms with E-state index in [0.717, 1.165) is 29.0 Å². The molecule has 0 aliphatic heterocycles. The van der Waals surface area contributed by atoms with Crippen LogP contribution in [0.15, 0.2) is 36.8 Å². The molecule has 3 heteroatoms. The van der Waals surface area contributed by atoms with Crippen molar-refractivity contribution in [3.8, 4) is 17.0 Å². The third-order valence-corrected chi connectivity index (χ3v) is 2.53. The maximum atomic E-state index is 5.34. The molecule has 0 unspecified atom stereocenters. The van der Waals surface area contributed by atoms with E-state index in [1.807, 2.05) is 30.5 Å². The van der Waals surface area contributed by atoms with E-state index < -0.39 is 0 Å². The van der Waals surface area contributed by atoms with Gasteiger partial charge >= 0.3 is 0 Å². The topological polar surface area (TPSA) is 35.0 Å². The predicted molar refractivity (Wildman–Crippen MR) is 63.4 cm³/mol. The van der Waals surface area contributed by atoms with Crippen molar-refractivity contribution in [3.63, 3.8) is 0 Å². The molecule has 0 aliphatic carbocycles. The van der Waals surface area contributed by atoms with E-state index in [-0.39, 0.29) is 0 Å². The van der Waals surface area contributed by atoms with Gasteiger partial charge in [-0.25, -0.2) is 9.97 Å². The number of rotatable bonds is 3. The van der Waals surface area contributed by atoms with E-state index in [9.17, 15) is 0 Å². The standard InChI is InChI=1S/C13H14N2O/c1-3-10-8-14-9-15-13(10)11-6-4-5-7-12(11)16-2/h4-9H,3H2,1-2H3. The second kappa shape index (κ2) is 4.75. The minimum atomic E-state index is 0.843. The fraction of sp³-hybridized carbons (Fsp3) is 0.231. The molecule has 1 heterocycles. The first kappa shape index (κ1) is 10.6. The zero-order valence-corrected chi connectivity index (χ0v) is 9.47. The van der Waals surface area contributed by atoms with Crippen LogP contribution in [0.2, 0.25) is 0 Å². The Morgan fingerprint density at radius 1 is 1.25 bits per heavy atom. The first-order valence-electron chi connectivity index (χ1n) is 5.29. The molecule has 0 fully saturated rings. The smallest absolute Gasteiger partial charge is 0.128 e. The zero-order valence-electron chi connectivity index (χ0n) is 9.47. The van der Waals surface area contributed by atoms with Crippen LogP contribution in [0.5, 0.6) is 5.75 Å². The fourth-order valence-corrected chi connectivity index (χ4v) is 1.70. The summed E-state index contributed by atoms with van der Waals surface area (Å²) in [4.78, 5) is 8.38. The summed E-state index contributed by atoms with van der Waals surface area (Å²) in [6.07, 6.45) is 4.34. The van der Waals surface area contributed by atoms with E-state index in [0.29, 0.717) is 0 Å². The molecule has 0 saturated carbocycles. The van der Waals surface area contributed by atoms with Gasteiger partial charge in [-0.3, -0.25) is 0 Å². The molecule has 0 amide bonds. The first-order chi connectivity index (χ1) is 7.86. The van der Waals surface area contributed by atoms with Crippen LogP contribution < -0.4 is 4.74 Å². The minimum absolute atomic E-state index is 0.843. The van der Waals surface area contributed by atoms with Crippen LogP contribution >= 0.6 is 0 Å². The van der Waals surface area contributed by atoms with Crippen molar-refractivity contribution in [1.82, 2.24) is 9.97 Å². The second-order valence-electron chi connectivity index (χ2n) is 3.45. The lowest BCUT2D eigenvalue weighted by atomic mass is 10.0. The van der Waals surface area contributed by atoms with Gasteiger partial charge in [-0.15, -0.1) is 0 Å². The molecule has 1 aromatic heterocycles. The third kappa shape index (κ3) is 1.89. The molecule has 2 aromatic rings. The van der Waals surface area contributed by atoms with Crippen LogP contribution in [0.1, 0.15) is 12.5 Å².